The first-order valence-electron chi connectivity index (χ1n) is 11.2. The molecule has 2 fully saturated rings. The molecule has 2 amide bonds. The summed E-state index contributed by atoms with van der Waals surface area (Å²) in [6, 6.07) is 15.3. The van der Waals surface area contributed by atoms with Crippen LogP contribution in [0.4, 0.5) is 18.0 Å². The highest BCUT2D eigenvalue weighted by Gasteiger charge is 2.46. The number of rotatable bonds is 4. The van der Waals surface area contributed by atoms with Crippen molar-refractivity contribution in [1.82, 2.24) is 15.1 Å². The Kier molecular flexibility index (Phi) is 6.47. The van der Waals surface area contributed by atoms with Crippen LogP contribution in [0.15, 0.2) is 54.6 Å². The predicted octanol–water partition coefficient (Wildman–Crippen LogP) is 5.15. The Morgan fingerprint density at radius 1 is 1.06 bits per heavy atom. The molecule has 0 aliphatic carbocycles. The minimum Gasteiger partial charge on any atom is -0.334 e. The maximum absolute atomic E-state index is 12.8. The van der Waals surface area contributed by atoms with Gasteiger partial charge in [-0.15, -0.1) is 0 Å². The number of likely N-dealkylation sites (tertiary alicyclic amines) is 2. The molecule has 0 unspecified atom stereocenters. The first kappa shape index (κ1) is 22.6. The molecule has 0 radical (unpaired) electrons. The Bertz CT molecular complexity index is 916. The molecular formula is C25H30F3N3O. The number of halogens is 3. The van der Waals surface area contributed by atoms with Crippen LogP contribution in [0.1, 0.15) is 36.5 Å². The molecule has 0 saturated carbocycles. The average molecular weight is 446 g/mol. The van der Waals surface area contributed by atoms with Crippen LogP contribution in [0, 0.1) is 11.3 Å². The standard InChI is InChI=1S/C25H30F3N3O/c1-24-17-30(15-20-6-3-2-4-7-20)13-5-8-22(24)16-31(18-24)23(32)29-14-19-9-11-21(12-10-19)25(26,27)28/h2-4,6-7,9-12,22H,5,8,13-18H2,1H3,(H,29,32)/t22-,24-/m1/s1. The fraction of sp³-hybridized carbons (Fsp3) is 0.480. The minimum absolute atomic E-state index is 0.0387. The van der Waals surface area contributed by atoms with E-state index >= 15 is 0 Å². The molecular weight excluding hydrogens is 415 g/mol. The summed E-state index contributed by atoms with van der Waals surface area (Å²) >= 11 is 0. The van der Waals surface area contributed by atoms with Gasteiger partial charge in [0.05, 0.1) is 5.56 Å². The van der Waals surface area contributed by atoms with Crippen LogP contribution in [0.5, 0.6) is 0 Å². The van der Waals surface area contributed by atoms with Crippen LogP contribution in [0.3, 0.4) is 0 Å². The van der Waals surface area contributed by atoms with Crippen LogP contribution < -0.4 is 5.32 Å². The molecule has 2 aromatic carbocycles. The number of nitrogens with zero attached hydrogens (tertiary/aromatic N) is 2. The van der Waals surface area contributed by atoms with E-state index in [-0.39, 0.29) is 18.0 Å². The number of fused-ring (bicyclic) bond motifs is 1. The molecule has 32 heavy (non-hydrogen) atoms. The van der Waals surface area contributed by atoms with E-state index in [1.807, 2.05) is 11.0 Å². The van der Waals surface area contributed by atoms with Crippen LogP contribution in [0.2, 0.25) is 0 Å². The summed E-state index contributed by atoms with van der Waals surface area (Å²) in [5.74, 6) is 0.458. The maximum Gasteiger partial charge on any atom is 0.416 e. The van der Waals surface area contributed by atoms with Crippen molar-refractivity contribution in [3.8, 4) is 0 Å². The van der Waals surface area contributed by atoms with Crippen molar-refractivity contribution in [2.45, 2.75) is 39.0 Å². The number of alkyl halides is 3. The fourth-order valence-electron chi connectivity index (χ4n) is 5.12. The van der Waals surface area contributed by atoms with E-state index in [0.29, 0.717) is 18.0 Å². The van der Waals surface area contributed by atoms with Crippen molar-refractivity contribution in [2.24, 2.45) is 11.3 Å². The molecule has 2 aromatic rings. The van der Waals surface area contributed by atoms with Gasteiger partial charge in [-0.3, -0.25) is 4.90 Å². The Morgan fingerprint density at radius 3 is 2.47 bits per heavy atom. The maximum atomic E-state index is 12.8. The van der Waals surface area contributed by atoms with E-state index in [2.05, 4.69) is 41.4 Å². The summed E-state index contributed by atoms with van der Waals surface area (Å²) in [5, 5.41) is 2.88. The second-order valence-electron chi connectivity index (χ2n) is 9.42. The average Bonchev–Trinajstić information content (AvgIpc) is 3.00. The highest BCUT2D eigenvalue weighted by atomic mass is 19.4. The molecule has 2 aliphatic rings. The molecule has 0 bridgehead atoms. The number of amides is 2. The molecule has 2 atom stereocenters. The van der Waals surface area contributed by atoms with Crippen molar-refractivity contribution in [3.05, 3.63) is 71.3 Å². The Labute approximate surface area is 187 Å². The largest absolute Gasteiger partial charge is 0.416 e. The lowest BCUT2D eigenvalue weighted by Crippen LogP contribution is -2.42. The van der Waals surface area contributed by atoms with E-state index < -0.39 is 11.7 Å². The molecule has 4 rings (SSSR count). The molecule has 2 heterocycles. The van der Waals surface area contributed by atoms with Crippen molar-refractivity contribution in [1.29, 1.82) is 0 Å². The van der Waals surface area contributed by atoms with Gasteiger partial charge in [-0.05, 0) is 48.6 Å². The lowest BCUT2D eigenvalue weighted by atomic mass is 9.78. The SMILES string of the molecule is C[C@]12CN(Cc3ccccc3)CCC[C@@H]1CN(C(=O)NCc1ccc(C(F)(F)F)cc1)C2. The van der Waals surface area contributed by atoms with Crippen LogP contribution in [-0.2, 0) is 19.3 Å². The summed E-state index contributed by atoms with van der Waals surface area (Å²) in [5.41, 5.74) is 1.32. The molecule has 2 aliphatic heterocycles. The second kappa shape index (κ2) is 9.14. The number of carbonyl (C=O) groups excluding carboxylic acids is 1. The lowest BCUT2D eigenvalue weighted by molar-refractivity contribution is -0.137. The summed E-state index contributed by atoms with van der Waals surface area (Å²) in [6.07, 6.45) is -2.13. The topological polar surface area (TPSA) is 35.6 Å². The van der Waals surface area contributed by atoms with Gasteiger partial charge in [-0.1, -0.05) is 49.4 Å². The quantitative estimate of drug-likeness (QED) is 0.707. The van der Waals surface area contributed by atoms with E-state index in [1.165, 1.54) is 17.7 Å². The molecule has 172 valence electrons. The molecule has 7 heteroatoms. The molecule has 0 aromatic heterocycles. The Morgan fingerprint density at radius 2 is 1.78 bits per heavy atom. The number of carbonyl (C=O) groups is 1. The van der Waals surface area contributed by atoms with Gasteiger partial charge >= 0.3 is 12.2 Å². The van der Waals surface area contributed by atoms with Gasteiger partial charge in [0, 0.05) is 38.1 Å². The van der Waals surface area contributed by atoms with Gasteiger partial charge in [0.15, 0.2) is 0 Å². The summed E-state index contributed by atoms with van der Waals surface area (Å²) < 4.78 is 38.2. The predicted molar refractivity (Wildman–Crippen MR) is 118 cm³/mol. The zero-order chi connectivity index (χ0) is 22.8. The zero-order valence-electron chi connectivity index (χ0n) is 18.4. The number of hydrogen-bond acceptors (Lipinski definition) is 2. The molecule has 1 N–H and O–H groups in total. The number of hydrogen-bond donors (Lipinski definition) is 1. The van der Waals surface area contributed by atoms with Crippen LogP contribution in [0.25, 0.3) is 0 Å². The summed E-state index contributed by atoms with van der Waals surface area (Å²) in [4.78, 5) is 17.2. The van der Waals surface area contributed by atoms with Crippen molar-refractivity contribution >= 4 is 6.03 Å². The number of nitrogens with one attached hydrogen (secondary N) is 1. The highest BCUT2D eigenvalue weighted by molar-refractivity contribution is 5.74. The van der Waals surface area contributed by atoms with Crippen LogP contribution >= 0.6 is 0 Å². The van der Waals surface area contributed by atoms with E-state index in [4.69, 9.17) is 0 Å². The smallest absolute Gasteiger partial charge is 0.334 e. The van der Waals surface area contributed by atoms with E-state index in [1.54, 1.807) is 0 Å². The van der Waals surface area contributed by atoms with E-state index in [0.717, 1.165) is 51.2 Å². The third-order valence-electron chi connectivity index (χ3n) is 6.85. The Balaban J connectivity index is 1.33. The molecule has 2 saturated heterocycles. The fourth-order valence-corrected chi connectivity index (χ4v) is 5.12. The van der Waals surface area contributed by atoms with Gasteiger partial charge in [0.25, 0.3) is 0 Å². The van der Waals surface area contributed by atoms with Gasteiger partial charge in [-0.25, -0.2) is 4.79 Å². The first-order valence-corrected chi connectivity index (χ1v) is 11.2. The third kappa shape index (κ3) is 5.26. The third-order valence-corrected chi connectivity index (χ3v) is 6.85. The van der Waals surface area contributed by atoms with Crippen molar-refractivity contribution in [2.75, 3.05) is 26.2 Å². The monoisotopic (exact) mass is 445 g/mol. The molecule has 0 spiro atoms. The first-order chi connectivity index (χ1) is 15.2. The van der Waals surface area contributed by atoms with Gasteiger partial charge in [-0.2, -0.15) is 13.2 Å². The molecule has 4 nitrogen and oxygen atoms in total. The van der Waals surface area contributed by atoms with Gasteiger partial charge in [0.1, 0.15) is 0 Å². The highest BCUT2D eigenvalue weighted by Crippen LogP contribution is 2.41. The van der Waals surface area contributed by atoms with Gasteiger partial charge < -0.3 is 10.2 Å². The van der Waals surface area contributed by atoms with Crippen molar-refractivity contribution < 1.29 is 18.0 Å². The minimum atomic E-state index is -4.35. The van der Waals surface area contributed by atoms with Crippen molar-refractivity contribution in [3.63, 3.8) is 0 Å². The summed E-state index contributed by atoms with van der Waals surface area (Å²) in [7, 11) is 0. The van der Waals surface area contributed by atoms with Crippen LogP contribution in [-0.4, -0.2) is 42.0 Å². The lowest BCUT2D eigenvalue weighted by Gasteiger charge is -2.33. The summed E-state index contributed by atoms with van der Waals surface area (Å²) in [6.45, 7) is 6.87. The Hall–Kier alpha value is -2.54. The number of urea groups is 1. The zero-order valence-corrected chi connectivity index (χ0v) is 18.4. The van der Waals surface area contributed by atoms with E-state index in [9.17, 15) is 18.0 Å². The second-order valence-corrected chi connectivity index (χ2v) is 9.42. The normalized spacial score (nSPS) is 24.1. The van der Waals surface area contributed by atoms with Gasteiger partial charge in [0.2, 0.25) is 0 Å². The number of benzene rings is 2.